The summed E-state index contributed by atoms with van der Waals surface area (Å²) in [6, 6.07) is 68.5. The molecule has 0 fully saturated rings. The van der Waals surface area contributed by atoms with E-state index in [0.717, 1.165) is 110 Å². The van der Waals surface area contributed by atoms with Crippen molar-refractivity contribution < 1.29 is 4.42 Å². The summed E-state index contributed by atoms with van der Waals surface area (Å²) in [7, 11) is 0. The van der Waals surface area contributed by atoms with Crippen LogP contribution in [0.2, 0.25) is 0 Å². The Morgan fingerprint density at radius 3 is 1.83 bits per heavy atom. The standard InChI is InChI=1S/C55H32N2O2/c58-55-44-19-5-4-16-40(44)47-31-37(32-48-46-29-35(33-12-2-1-3-13-33)24-26-51(46)57(55)53(47)48)34-14-10-15-38(28-34)56-49-22-8-6-17-41(49)45-30-36(25-27-50(45)56)39-20-11-21-43-42-18-7-9-23-52(42)59-54(39)43/h1-32H. The summed E-state index contributed by atoms with van der Waals surface area (Å²) < 4.78 is 10.8. The Bertz CT molecular complexity index is 3920. The van der Waals surface area contributed by atoms with E-state index < -0.39 is 0 Å². The highest BCUT2D eigenvalue weighted by atomic mass is 16.3. The maximum atomic E-state index is 14.2. The summed E-state index contributed by atoms with van der Waals surface area (Å²) in [4.78, 5) is 14.2. The summed E-state index contributed by atoms with van der Waals surface area (Å²) in [6.45, 7) is 0. The monoisotopic (exact) mass is 752 g/mol. The largest absolute Gasteiger partial charge is 0.455 e. The minimum absolute atomic E-state index is 0.0131. The van der Waals surface area contributed by atoms with E-state index in [0.29, 0.717) is 0 Å². The molecule has 0 unspecified atom stereocenters. The fourth-order valence-electron chi connectivity index (χ4n) is 9.78. The third-order valence-electron chi connectivity index (χ3n) is 12.4. The molecular weight excluding hydrogens is 721 g/mol. The number of rotatable bonds is 4. The van der Waals surface area contributed by atoms with Crippen LogP contribution in [0.15, 0.2) is 203 Å². The number of hydrogen-bond acceptors (Lipinski definition) is 2. The van der Waals surface area contributed by atoms with Gasteiger partial charge in [0.15, 0.2) is 0 Å². The molecule has 0 aliphatic carbocycles. The second-order valence-electron chi connectivity index (χ2n) is 15.6. The molecule has 13 aromatic rings. The maximum absolute atomic E-state index is 14.2. The van der Waals surface area contributed by atoms with Gasteiger partial charge in [-0.05, 0) is 99.9 Å². The molecule has 59 heavy (non-hydrogen) atoms. The first-order valence-corrected chi connectivity index (χ1v) is 20.0. The lowest BCUT2D eigenvalue weighted by Gasteiger charge is -2.12. The summed E-state index contributed by atoms with van der Waals surface area (Å²) in [6.07, 6.45) is 0. The zero-order valence-corrected chi connectivity index (χ0v) is 31.7. The van der Waals surface area contributed by atoms with E-state index >= 15 is 0 Å². The average molecular weight is 753 g/mol. The van der Waals surface area contributed by atoms with Crippen LogP contribution in [0, 0.1) is 0 Å². The number of fused-ring (bicyclic) bond motifs is 11. The fourth-order valence-corrected chi connectivity index (χ4v) is 9.78. The van der Waals surface area contributed by atoms with Gasteiger partial charge in [0.25, 0.3) is 5.56 Å². The molecule has 4 aromatic heterocycles. The molecule has 0 aliphatic rings. The van der Waals surface area contributed by atoms with Gasteiger partial charge in [-0.3, -0.25) is 9.20 Å². The van der Waals surface area contributed by atoms with Crippen LogP contribution in [0.5, 0.6) is 0 Å². The first-order valence-electron chi connectivity index (χ1n) is 20.0. The lowest BCUT2D eigenvalue weighted by molar-refractivity contribution is 0.670. The van der Waals surface area contributed by atoms with Crippen molar-refractivity contribution in [3.05, 3.63) is 204 Å². The smallest absolute Gasteiger partial charge is 0.263 e. The van der Waals surface area contributed by atoms with Gasteiger partial charge in [-0.2, -0.15) is 0 Å². The van der Waals surface area contributed by atoms with E-state index in [2.05, 4.69) is 162 Å². The molecule has 0 saturated heterocycles. The van der Waals surface area contributed by atoms with Crippen molar-refractivity contribution in [1.82, 2.24) is 8.97 Å². The first-order chi connectivity index (χ1) is 29.2. The SMILES string of the molecule is O=c1c2ccccc2c2cc(-c3cccc(-n4c5ccccc5c5cc(-c6cccc7c6oc6ccccc67)ccc54)c3)cc3c4cc(-c5ccccc5)ccc4n1c23. The molecular formula is C55H32N2O2. The molecule has 0 saturated carbocycles. The molecule has 0 aliphatic heterocycles. The molecule has 0 atom stereocenters. The summed E-state index contributed by atoms with van der Waals surface area (Å²) in [5.41, 5.74) is 13.8. The lowest BCUT2D eigenvalue weighted by Crippen LogP contribution is -2.12. The average Bonchev–Trinajstić information content (AvgIpc) is 3.96. The molecule has 0 amide bonds. The predicted molar refractivity (Wildman–Crippen MR) is 245 cm³/mol. The predicted octanol–water partition coefficient (Wildman–Crippen LogP) is 14.2. The van der Waals surface area contributed by atoms with Crippen LogP contribution in [-0.2, 0) is 0 Å². The van der Waals surface area contributed by atoms with Crippen molar-refractivity contribution in [2.24, 2.45) is 0 Å². The number of nitrogens with zero attached hydrogens (tertiary/aromatic N) is 2. The Labute approximate surface area is 337 Å². The molecule has 4 nitrogen and oxygen atoms in total. The van der Waals surface area contributed by atoms with Crippen LogP contribution >= 0.6 is 0 Å². The van der Waals surface area contributed by atoms with E-state index in [9.17, 15) is 4.79 Å². The van der Waals surface area contributed by atoms with Crippen molar-refractivity contribution in [2.75, 3.05) is 0 Å². The summed E-state index contributed by atoms with van der Waals surface area (Å²) >= 11 is 0. The van der Waals surface area contributed by atoms with Gasteiger partial charge in [0, 0.05) is 54.3 Å². The van der Waals surface area contributed by atoms with E-state index in [-0.39, 0.29) is 5.56 Å². The quantitative estimate of drug-likeness (QED) is 0.168. The number of para-hydroxylation sites is 3. The second-order valence-corrected chi connectivity index (χ2v) is 15.6. The Morgan fingerprint density at radius 2 is 0.949 bits per heavy atom. The Balaban J connectivity index is 1.02. The first kappa shape index (κ1) is 32.2. The van der Waals surface area contributed by atoms with E-state index in [1.54, 1.807) is 0 Å². The van der Waals surface area contributed by atoms with Gasteiger partial charge in [0.05, 0.1) is 22.1 Å². The molecule has 274 valence electrons. The van der Waals surface area contributed by atoms with Crippen LogP contribution in [-0.4, -0.2) is 8.97 Å². The van der Waals surface area contributed by atoms with Crippen LogP contribution in [0.3, 0.4) is 0 Å². The second kappa shape index (κ2) is 12.0. The van der Waals surface area contributed by atoms with Crippen LogP contribution in [0.4, 0.5) is 0 Å². The number of hydrogen-bond donors (Lipinski definition) is 0. The molecule has 0 bridgehead atoms. The Kier molecular flexibility index (Phi) is 6.56. The van der Waals surface area contributed by atoms with Crippen LogP contribution in [0.25, 0.3) is 121 Å². The van der Waals surface area contributed by atoms with Crippen molar-refractivity contribution >= 4 is 81.7 Å². The molecule has 4 heterocycles. The third kappa shape index (κ3) is 4.57. The minimum Gasteiger partial charge on any atom is -0.455 e. The van der Waals surface area contributed by atoms with Gasteiger partial charge < -0.3 is 8.98 Å². The molecule has 13 rings (SSSR count). The minimum atomic E-state index is 0.0131. The third-order valence-corrected chi connectivity index (χ3v) is 12.4. The lowest BCUT2D eigenvalue weighted by atomic mass is 9.96. The molecule has 0 N–H and O–H groups in total. The number of benzene rings is 9. The Hall–Kier alpha value is -7.95. The van der Waals surface area contributed by atoms with E-state index in [4.69, 9.17) is 4.42 Å². The van der Waals surface area contributed by atoms with Crippen molar-refractivity contribution in [1.29, 1.82) is 0 Å². The zero-order valence-electron chi connectivity index (χ0n) is 31.7. The number of aromatic nitrogens is 2. The zero-order chi connectivity index (χ0) is 38.8. The highest BCUT2D eigenvalue weighted by molar-refractivity contribution is 6.22. The molecule has 0 radical (unpaired) electrons. The van der Waals surface area contributed by atoms with Gasteiger partial charge in [0.2, 0.25) is 0 Å². The fraction of sp³-hybridized carbons (Fsp3) is 0. The highest BCUT2D eigenvalue weighted by Crippen LogP contribution is 2.42. The van der Waals surface area contributed by atoms with Gasteiger partial charge >= 0.3 is 0 Å². The Morgan fingerprint density at radius 1 is 0.356 bits per heavy atom. The van der Waals surface area contributed by atoms with Crippen molar-refractivity contribution in [2.45, 2.75) is 0 Å². The van der Waals surface area contributed by atoms with E-state index in [1.807, 2.05) is 40.8 Å². The van der Waals surface area contributed by atoms with Crippen molar-refractivity contribution in [3.8, 4) is 39.1 Å². The number of pyridine rings is 1. The van der Waals surface area contributed by atoms with Gasteiger partial charge in [-0.15, -0.1) is 0 Å². The molecule has 0 spiro atoms. The normalized spacial score (nSPS) is 12.1. The van der Waals surface area contributed by atoms with Crippen molar-refractivity contribution in [3.63, 3.8) is 0 Å². The van der Waals surface area contributed by atoms with Crippen LogP contribution in [0.1, 0.15) is 0 Å². The highest BCUT2D eigenvalue weighted by Gasteiger charge is 2.21. The van der Waals surface area contributed by atoms with E-state index in [1.165, 1.54) is 10.8 Å². The summed E-state index contributed by atoms with van der Waals surface area (Å²) in [5.74, 6) is 0. The van der Waals surface area contributed by atoms with Crippen LogP contribution < -0.4 is 5.56 Å². The topological polar surface area (TPSA) is 39.5 Å². The van der Waals surface area contributed by atoms with Gasteiger partial charge in [-0.25, -0.2) is 0 Å². The number of furan rings is 1. The van der Waals surface area contributed by atoms with Gasteiger partial charge in [0.1, 0.15) is 11.2 Å². The molecule has 9 aromatic carbocycles. The molecule has 4 heteroatoms. The maximum Gasteiger partial charge on any atom is 0.263 e. The van der Waals surface area contributed by atoms with Gasteiger partial charge in [-0.1, -0.05) is 127 Å². The summed E-state index contributed by atoms with van der Waals surface area (Å²) in [5, 5.41) is 9.53.